The van der Waals surface area contributed by atoms with Gasteiger partial charge in [-0.05, 0) is 55.5 Å². The van der Waals surface area contributed by atoms with Crippen molar-refractivity contribution < 1.29 is 0 Å². The Hall–Kier alpha value is -1.80. The molecule has 1 heterocycles. The average molecular weight is 327 g/mol. The summed E-state index contributed by atoms with van der Waals surface area (Å²) in [4.78, 5) is 0. The van der Waals surface area contributed by atoms with Gasteiger partial charge >= 0.3 is 0 Å². The molecule has 1 unspecified atom stereocenters. The molecule has 0 fully saturated rings. The lowest BCUT2D eigenvalue weighted by Gasteiger charge is -2.36. The second-order valence-electron chi connectivity index (χ2n) is 6.96. The quantitative estimate of drug-likeness (QED) is 0.640. The molecule has 1 aromatic carbocycles. The lowest BCUT2D eigenvalue weighted by molar-refractivity contribution is 0.256. The lowest BCUT2D eigenvalue weighted by atomic mass is 9.68. The molecule has 120 valence electrons. The molecule has 0 saturated carbocycles. The third-order valence-electron chi connectivity index (χ3n) is 4.77. The summed E-state index contributed by atoms with van der Waals surface area (Å²) in [6, 6.07) is 9.81. The molecule has 1 aliphatic rings. The average Bonchev–Trinajstić information content (AvgIpc) is 2.94. The molecule has 0 radical (unpaired) electrons. The molecule has 3 rings (SSSR count). The number of aromatic nitrogens is 2. The van der Waals surface area contributed by atoms with Crippen LogP contribution >= 0.6 is 11.6 Å². The van der Waals surface area contributed by atoms with Crippen molar-refractivity contribution in [1.82, 2.24) is 9.78 Å². The summed E-state index contributed by atoms with van der Waals surface area (Å²) in [6.45, 7) is 6.95. The fourth-order valence-corrected chi connectivity index (χ4v) is 3.63. The summed E-state index contributed by atoms with van der Waals surface area (Å²) in [5, 5.41) is 5.16. The van der Waals surface area contributed by atoms with Crippen LogP contribution in [0.3, 0.4) is 0 Å². The van der Waals surface area contributed by atoms with Crippen molar-refractivity contribution in [1.29, 1.82) is 0 Å². The first-order valence-corrected chi connectivity index (χ1v) is 8.50. The Labute approximate surface area is 143 Å². The summed E-state index contributed by atoms with van der Waals surface area (Å²) in [6.07, 6.45) is 11.1. The molecule has 0 N–H and O–H groups in total. The molecular formula is C20H23ClN2. The van der Waals surface area contributed by atoms with Crippen molar-refractivity contribution in [2.75, 3.05) is 0 Å². The molecule has 23 heavy (non-hydrogen) atoms. The second kappa shape index (κ2) is 6.37. The van der Waals surface area contributed by atoms with Crippen LogP contribution in [0.2, 0.25) is 5.02 Å². The molecule has 3 heteroatoms. The van der Waals surface area contributed by atoms with Crippen molar-refractivity contribution in [2.24, 2.45) is 11.3 Å². The van der Waals surface area contributed by atoms with E-state index in [1.807, 2.05) is 41.2 Å². The van der Waals surface area contributed by atoms with Crippen LogP contribution in [-0.2, 0) is 0 Å². The normalized spacial score (nSPS) is 20.7. The van der Waals surface area contributed by atoms with Crippen LogP contribution in [0.1, 0.15) is 39.3 Å². The summed E-state index contributed by atoms with van der Waals surface area (Å²) >= 11 is 6.10. The van der Waals surface area contributed by atoms with E-state index < -0.39 is 0 Å². The van der Waals surface area contributed by atoms with Gasteiger partial charge in [-0.1, -0.05) is 49.2 Å². The number of benzene rings is 1. The summed E-state index contributed by atoms with van der Waals surface area (Å²) < 4.78 is 1.93. The molecular weight excluding hydrogens is 304 g/mol. The van der Waals surface area contributed by atoms with Crippen LogP contribution in [0.15, 0.2) is 54.3 Å². The van der Waals surface area contributed by atoms with Crippen LogP contribution in [-0.4, -0.2) is 9.78 Å². The topological polar surface area (TPSA) is 17.8 Å². The van der Waals surface area contributed by atoms with Gasteiger partial charge in [0.25, 0.3) is 0 Å². The maximum atomic E-state index is 6.10. The second-order valence-corrected chi connectivity index (χ2v) is 7.40. The van der Waals surface area contributed by atoms with Gasteiger partial charge in [-0.25, -0.2) is 4.68 Å². The van der Waals surface area contributed by atoms with Gasteiger partial charge in [0.05, 0.1) is 17.6 Å². The van der Waals surface area contributed by atoms with E-state index in [4.69, 9.17) is 11.6 Å². The Kier molecular flexibility index (Phi) is 4.45. The fourth-order valence-electron chi connectivity index (χ4n) is 3.44. The summed E-state index contributed by atoms with van der Waals surface area (Å²) in [5.41, 5.74) is 3.82. The van der Waals surface area contributed by atoms with Crippen LogP contribution in [0.4, 0.5) is 0 Å². The van der Waals surface area contributed by atoms with Gasteiger partial charge in [0, 0.05) is 10.9 Å². The summed E-state index contributed by atoms with van der Waals surface area (Å²) in [7, 11) is 0. The number of allylic oxidation sites excluding steroid dienone is 3. The SMILES string of the molecule is CC1=CCCC(C)(C)C1/C=C/c1ccnn1-c1cccc(Cl)c1. The third kappa shape index (κ3) is 3.42. The Morgan fingerprint density at radius 1 is 1.30 bits per heavy atom. The first-order chi connectivity index (χ1) is 11.0. The Morgan fingerprint density at radius 3 is 2.87 bits per heavy atom. The van der Waals surface area contributed by atoms with Crippen molar-refractivity contribution in [2.45, 2.75) is 33.6 Å². The van der Waals surface area contributed by atoms with Gasteiger partial charge in [-0.15, -0.1) is 0 Å². The van der Waals surface area contributed by atoms with Crippen molar-refractivity contribution in [3.05, 3.63) is 65.0 Å². The highest BCUT2D eigenvalue weighted by molar-refractivity contribution is 6.30. The molecule has 1 aromatic heterocycles. The molecule has 1 atom stereocenters. The number of halogens is 1. The Balaban J connectivity index is 1.91. The first kappa shape index (κ1) is 16.1. The van der Waals surface area contributed by atoms with E-state index in [0.29, 0.717) is 11.3 Å². The van der Waals surface area contributed by atoms with Crippen LogP contribution < -0.4 is 0 Å². The molecule has 2 nitrogen and oxygen atoms in total. The largest absolute Gasteiger partial charge is 0.234 e. The zero-order chi connectivity index (χ0) is 16.4. The number of nitrogens with zero attached hydrogens (tertiary/aromatic N) is 2. The lowest BCUT2D eigenvalue weighted by Crippen LogP contribution is -2.26. The Morgan fingerprint density at radius 2 is 2.13 bits per heavy atom. The van der Waals surface area contributed by atoms with Gasteiger partial charge in [0.1, 0.15) is 0 Å². The van der Waals surface area contributed by atoms with Crippen molar-refractivity contribution >= 4 is 17.7 Å². The van der Waals surface area contributed by atoms with Gasteiger partial charge in [0.2, 0.25) is 0 Å². The van der Waals surface area contributed by atoms with E-state index in [1.165, 1.54) is 18.4 Å². The Bertz CT molecular complexity index is 753. The van der Waals surface area contributed by atoms with Gasteiger partial charge in [0.15, 0.2) is 0 Å². The zero-order valence-corrected chi connectivity index (χ0v) is 14.7. The van der Waals surface area contributed by atoms with Gasteiger partial charge < -0.3 is 0 Å². The highest BCUT2D eigenvalue weighted by Crippen LogP contribution is 2.41. The van der Waals surface area contributed by atoms with Crippen LogP contribution in [0, 0.1) is 11.3 Å². The molecule has 1 aliphatic carbocycles. The van der Waals surface area contributed by atoms with Crippen LogP contribution in [0.5, 0.6) is 0 Å². The first-order valence-electron chi connectivity index (χ1n) is 8.12. The van der Waals surface area contributed by atoms with Crippen LogP contribution in [0.25, 0.3) is 11.8 Å². The maximum absolute atomic E-state index is 6.10. The third-order valence-corrected chi connectivity index (χ3v) is 5.01. The minimum absolute atomic E-state index is 0.302. The zero-order valence-electron chi connectivity index (χ0n) is 14.0. The molecule has 0 saturated heterocycles. The number of rotatable bonds is 3. The van der Waals surface area contributed by atoms with Gasteiger partial charge in [-0.3, -0.25) is 0 Å². The van der Waals surface area contributed by atoms with Gasteiger partial charge in [-0.2, -0.15) is 5.10 Å². The molecule has 0 aliphatic heterocycles. The minimum atomic E-state index is 0.302. The smallest absolute Gasteiger partial charge is 0.0667 e. The molecule has 0 amide bonds. The van der Waals surface area contributed by atoms with E-state index in [0.717, 1.165) is 16.4 Å². The molecule has 0 bridgehead atoms. The predicted octanol–water partition coefficient (Wildman–Crippen LogP) is 5.92. The highest BCUT2D eigenvalue weighted by Gasteiger charge is 2.30. The van der Waals surface area contributed by atoms with E-state index in [-0.39, 0.29) is 0 Å². The number of hydrogen-bond donors (Lipinski definition) is 0. The monoisotopic (exact) mass is 326 g/mol. The standard InChI is InChI=1S/C20H23ClN2/c1-15-6-5-12-20(2,3)19(15)10-9-17-11-13-22-23(17)18-8-4-7-16(21)14-18/h4,6-11,13-14,19H,5,12H2,1-3H3/b10-9+. The minimum Gasteiger partial charge on any atom is -0.234 e. The maximum Gasteiger partial charge on any atom is 0.0667 e. The van der Waals surface area contributed by atoms with Crippen molar-refractivity contribution in [3.63, 3.8) is 0 Å². The van der Waals surface area contributed by atoms with E-state index in [2.05, 4.69) is 44.1 Å². The fraction of sp³-hybridized carbons (Fsp3) is 0.350. The highest BCUT2D eigenvalue weighted by atomic mass is 35.5. The van der Waals surface area contributed by atoms with E-state index in [9.17, 15) is 0 Å². The summed E-state index contributed by atoms with van der Waals surface area (Å²) in [5.74, 6) is 0.471. The van der Waals surface area contributed by atoms with E-state index in [1.54, 1.807) is 0 Å². The molecule has 0 spiro atoms. The predicted molar refractivity (Wildman–Crippen MR) is 97.9 cm³/mol. The van der Waals surface area contributed by atoms with Crippen molar-refractivity contribution in [3.8, 4) is 5.69 Å². The number of hydrogen-bond acceptors (Lipinski definition) is 1. The molecule has 2 aromatic rings. The van der Waals surface area contributed by atoms with E-state index >= 15 is 0 Å².